The van der Waals surface area contributed by atoms with Crippen LogP contribution in [0.5, 0.6) is 5.75 Å². The molecule has 0 radical (unpaired) electrons. The lowest BCUT2D eigenvalue weighted by Crippen LogP contribution is -2.25. The maximum Gasteiger partial charge on any atom is 0.341 e. The first-order valence-electron chi connectivity index (χ1n) is 13.9. The topological polar surface area (TPSA) is 113 Å². The van der Waals surface area contributed by atoms with Crippen LogP contribution in [-0.2, 0) is 22.6 Å². The molecule has 212 valence electrons. The molecule has 5 N–H and O–H groups in total. The van der Waals surface area contributed by atoms with Crippen molar-refractivity contribution in [3.05, 3.63) is 107 Å². The van der Waals surface area contributed by atoms with Gasteiger partial charge in [-0.3, -0.25) is 4.90 Å². The fourth-order valence-corrected chi connectivity index (χ4v) is 5.43. The summed E-state index contributed by atoms with van der Waals surface area (Å²) in [7, 11) is 3.13. The Labute approximate surface area is 241 Å². The molecule has 0 aromatic heterocycles. The van der Waals surface area contributed by atoms with E-state index in [-0.39, 0.29) is 17.4 Å². The van der Waals surface area contributed by atoms with E-state index in [1.54, 1.807) is 13.2 Å². The van der Waals surface area contributed by atoms with E-state index in [0.717, 1.165) is 60.5 Å². The number of anilines is 1. The third-order valence-corrected chi connectivity index (χ3v) is 7.58. The Morgan fingerprint density at radius 1 is 1.10 bits per heavy atom. The van der Waals surface area contributed by atoms with E-state index in [1.165, 1.54) is 18.2 Å². The minimum atomic E-state index is -0.547. The van der Waals surface area contributed by atoms with Crippen LogP contribution in [0.15, 0.2) is 96.0 Å². The second kappa shape index (κ2) is 12.7. The largest absolute Gasteiger partial charge is 0.492 e. The predicted molar refractivity (Wildman–Crippen MR) is 162 cm³/mol. The van der Waals surface area contributed by atoms with Gasteiger partial charge in [-0.2, -0.15) is 0 Å². The molecule has 8 heteroatoms. The van der Waals surface area contributed by atoms with Crippen LogP contribution < -0.4 is 21.1 Å². The molecule has 1 aliphatic heterocycles. The molecule has 1 aliphatic carbocycles. The Morgan fingerprint density at radius 2 is 1.88 bits per heavy atom. The third kappa shape index (κ3) is 6.61. The van der Waals surface area contributed by atoms with Gasteiger partial charge < -0.3 is 31.3 Å². The third-order valence-electron chi connectivity index (χ3n) is 7.58. The maximum absolute atomic E-state index is 12.5. The summed E-state index contributed by atoms with van der Waals surface area (Å²) in [6.45, 7) is 3.20. The van der Waals surface area contributed by atoms with Gasteiger partial charge in [-0.05, 0) is 47.4 Å². The molecule has 1 saturated carbocycles. The summed E-state index contributed by atoms with van der Waals surface area (Å²) in [6, 6.07) is 24.9. The number of carbonyl (C=O) groups is 1. The average molecular weight is 552 g/mol. The second-order valence-corrected chi connectivity index (χ2v) is 10.4. The van der Waals surface area contributed by atoms with Gasteiger partial charge in [-0.25, -0.2) is 4.79 Å². The molecule has 41 heavy (non-hydrogen) atoms. The van der Waals surface area contributed by atoms with E-state index in [9.17, 15) is 4.79 Å². The first kappa shape index (κ1) is 28.0. The van der Waals surface area contributed by atoms with Gasteiger partial charge in [0.05, 0.1) is 12.7 Å². The van der Waals surface area contributed by atoms with Crippen molar-refractivity contribution in [3.63, 3.8) is 0 Å². The second-order valence-electron chi connectivity index (χ2n) is 10.4. The molecule has 1 unspecified atom stereocenters. The summed E-state index contributed by atoms with van der Waals surface area (Å²) < 4.78 is 10.9. The average Bonchev–Trinajstić information content (AvgIpc) is 3.81. The van der Waals surface area contributed by atoms with E-state index in [2.05, 4.69) is 64.1 Å². The minimum Gasteiger partial charge on any atom is -0.492 e. The molecule has 5 rings (SSSR count). The number of allylic oxidation sites excluding steroid dienone is 2. The quantitative estimate of drug-likeness (QED) is 0.161. The molecule has 0 bridgehead atoms. The smallest absolute Gasteiger partial charge is 0.341 e. The summed E-state index contributed by atoms with van der Waals surface area (Å²) in [5, 5.41) is 14.3. The zero-order chi connectivity index (χ0) is 28.8. The fraction of sp³-hybridized carbons (Fsp3) is 0.273. The van der Waals surface area contributed by atoms with Crippen molar-refractivity contribution in [2.24, 2.45) is 17.6 Å². The van der Waals surface area contributed by atoms with Crippen molar-refractivity contribution in [2.45, 2.75) is 19.5 Å². The summed E-state index contributed by atoms with van der Waals surface area (Å²) >= 11 is 0. The number of para-hydroxylation sites is 1. The Bertz CT molecular complexity index is 1480. The van der Waals surface area contributed by atoms with E-state index >= 15 is 0 Å². The van der Waals surface area contributed by atoms with Gasteiger partial charge in [0.1, 0.15) is 12.4 Å². The van der Waals surface area contributed by atoms with Crippen molar-refractivity contribution in [1.82, 2.24) is 10.2 Å². The number of rotatable bonds is 10. The van der Waals surface area contributed by atoms with E-state index in [1.807, 2.05) is 24.3 Å². The molecule has 2 atom stereocenters. The Balaban J connectivity index is 1.37. The maximum atomic E-state index is 12.5. The van der Waals surface area contributed by atoms with Gasteiger partial charge in [-0.15, -0.1) is 0 Å². The fourth-order valence-electron chi connectivity index (χ4n) is 5.43. The predicted octanol–water partition coefficient (Wildman–Crippen LogP) is 4.89. The summed E-state index contributed by atoms with van der Waals surface area (Å²) in [6.07, 6.45) is 3.62. The number of nitrogens with one attached hydrogen (secondary N) is 3. The molecular formula is C33H37N5O3. The molecule has 1 fully saturated rings. The van der Waals surface area contributed by atoms with Crippen molar-refractivity contribution in [2.75, 3.05) is 32.6 Å². The highest BCUT2D eigenvalue weighted by atomic mass is 16.5. The lowest BCUT2D eigenvalue weighted by molar-refractivity contribution is -0.135. The van der Waals surface area contributed by atoms with Crippen molar-refractivity contribution < 1.29 is 14.3 Å². The Morgan fingerprint density at radius 3 is 2.66 bits per heavy atom. The summed E-state index contributed by atoms with van der Waals surface area (Å²) in [5.41, 5.74) is 13.2. The lowest BCUT2D eigenvalue weighted by atomic mass is 10.0. The van der Waals surface area contributed by atoms with E-state index in [0.29, 0.717) is 12.3 Å². The molecule has 8 nitrogen and oxygen atoms in total. The minimum absolute atomic E-state index is 0.00924. The SMILES string of the molecule is CN/C=C(\N)C1C[C@H]1/C(Nc1cccc(-c2cccc(CN3CCOc4ccccc4C3)c2)c1)=C(/C=N)C(=O)OC. The van der Waals surface area contributed by atoms with Gasteiger partial charge >= 0.3 is 5.97 Å². The van der Waals surface area contributed by atoms with Gasteiger partial charge in [0.15, 0.2) is 0 Å². The van der Waals surface area contributed by atoms with Crippen LogP contribution in [0.4, 0.5) is 5.69 Å². The molecule has 3 aromatic rings. The Hall–Kier alpha value is -4.56. The van der Waals surface area contributed by atoms with Gasteiger partial charge in [0, 0.05) is 73.6 Å². The normalized spacial score (nSPS) is 19.1. The number of hydrogen-bond acceptors (Lipinski definition) is 8. The van der Waals surface area contributed by atoms with Crippen molar-refractivity contribution in [1.29, 1.82) is 5.41 Å². The van der Waals surface area contributed by atoms with E-state index < -0.39 is 5.97 Å². The van der Waals surface area contributed by atoms with Crippen LogP contribution in [0.25, 0.3) is 11.1 Å². The van der Waals surface area contributed by atoms with Crippen LogP contribution in [-0.4, -0.2) is 44.4 Å². The Kier molecular flexibility index (Phi) is 8.70. The highest BCUT2D eigenvalue weighted by Gasteiger charge is 2.44. The summed E-state index contributed by atoms with van der Waals surface area (Å²) in [5.74, 6) is 0.499. The number of hydrogen-bond donors (Lipinski definition) is 4. The number of benzene rings is 3. The number of nitrogens with zero attached hydrogens (tertiary/aromatic N) is 1. The highest BCUT2D eigenvalue weighted by Crippen LogP contribution is 2.48. The summed E-state index contributed by atoms with van der Waals surface area (Å²) in [4.78, 5) is 15.0. The standard InChI is InChI=1S/C33H37N5O3/c1-36-19-30(35)27-17-28(27)32(29(18-34)33(39)40-2)37-26-11-6-10-24(16-26)23-9-5-7-22(15-23)20-38-13-14-41-31-12-4-3-8-25(31)21-38/h3-12,15-16,18-19,27-28,34,36-37H,13-14,17,20-21,35H2,1-2H3/b30-19-,32-29+,34-18?/t27?,28-/m1/s1. The first-order chi connectivity index (χ1) is 20.0. The van der Waals surface area contributed by atoms with Crippen LogP contribution in [0.3, 0.4) is 0 Å². The van der Waals surface area contributed by atoms with Crippen molar-refractivity contribution >= 4 is 17.9 Å². The number of methoxy groups -OCH3 is 1. The van der Waals surface area contributed by atoms with Crippen LogP contribution in [0.1, 0.15) is 17.5 Å². The van der Waals surface area contributed by atoms with E-state index in [4.69, 9.17) is 20.6 Å². The highest BCUT2D eigenvalue weighted by molar-refractivity contribution is 6.09. The van der Waals surface area contributed by atoms with Crippen LogP contribution in [0.2, 0.25) is 0 Å². The first-order valence-corrected chi connectivity index (χ1v) is 13.9. The number of esters is 1. The van der Waals surface area contributed by atoms with Crippen LogP contribution in [0, 0.1) is 17.2 Å². The number of ether oxygens (including phenoxy) is 2. The number of carbonyl (C=O) groups excluding carboxylic acids is 1. The zero-order valence-electron chi connectivity index (χ0n) is 23.5. The lowest BCUT2D eigenvalue weighted by Gasteiger charge is -2.20. The number of nitrogens with two attached hydrogens (primary N) is 1. The molecular weight excluding hydrogens is 514 g/mol. The molecule has 0 spiro atoms. The van der Waals surface area contributed by atoms with Gasteiger partial charge in [0.2, 0.25) is 0 Å². The van der Waals surface area contributed by atoms with Gasteiger partial charge in [0.25, 0.3) is 0 Å². The van der Waals surface area contributed by atoms with Crippen molar-refractivity contribution in [3.8, 4) is 16.9 Å². The zero-order valence-corrected chi connectivity index (χ0v) is 23.5. The molecule has 2 aliphatic rings. The monoisotopic (exact) mass is 551 g/mol. The van der Waals surface area contributed by atoms with Crippen LogP contribution >= 0.6 is 0 Å². The molecule has 1 heterocycles. The van der Waals surface area contributed by atoms with Gasteiger partial charge in [-0.1, -0.05) is 48.5 Å². The number of fused-ring (bicyclic) bond motifs is 1. The molecule has 3 aromatic carbocycles. The molecule has 0 saturated heterocycles. The molecule has 0 amide bonds.